The molecule has 1 aromatic heterocycles. The highest BCUT2D eigenvalue weighted by molar-refractivity contribution is 5.41. The van der Waals surface area contributed by atoms with E-state index in [-0.39, 0.29) is 28.5 Å². The summed E-state index contributed by atoms with van der Waals surface area (Å²) in [6.07, 6.45) is 8.88. The van der Waals surface area contributed by atoms with Gasteiger partial charge in [0.2, 0.25) is 0 Å². The smallest absolute Gasteiger partial charge is 0.342 e. The second-order valence-corrected chi connectivity index (χ2v) is 11.3. The standard InChI is InChI=1S/C28H40O4/c1-16(2)13-20-15-28(7)23-10-9-17(3)22(27(23,6)12-11-24(28)32-20)14-21-25(30-8)18(4)19(5)31-26(21)29/h13,20,22-24H,3,9-12,14-15H2,1-2,4-8H3/t20-,22-,23-,24-,27-,28+/m1/s1. The summed E-state index contributed by atoms with van der Waals surface area (Å²) in [6, 6.07) is 0. The van der Waals surface area contributed by atoms with E-state index in [0.29, 0.717) is 35.5 Å². The molecule has 0 unspecified atom stereocenters. The van der Waals surface area contributed by atoms with Crippen LogP contribution in [0.25, 0.3) is 0 Å². The fraction of sp³-hybridized carbons (Fsp3) is 0.679. The monoisotopic (exact) mass is 440 g/mol. The molecule has 2 heterocycles. The van der Waals surface area contributed by atoms with Crippen LogP contribution in [0.15, 0.2) is 33.0 Å². The Kier molecular flexibility index (Phi) is 5.98. The Labute approximate surface area is 193 Å². The zero-order chi connectivity index (χ0) is 23.4. The molecule has 0 aromatic carbocycles. The maximum atomic E-state index is 12.9. The van der Waals surface area contributed by atoms with E-state index < -0.39 is 0 Å². The third-order valence-electron chi connectivity index (χ3n) is 9.06. The lowest BCUT2D eigenvalue weighted by Gasteiger charge is -2.59. The summed E-state index contributed by atoms with van der Waals surface area (Å²) in [4.78, 5) is 12.9. The molecule has 4 heteroatoms. The van der Waals surface area contributed by atoms with Crippen molar-refractivity contribution in [2.75, 3.05) is 7.11 Å². The largest absolute Gasteiger partial charge is 0.496 e. The van der Waals surface area contributed by atoms with Crippen LogP contribution in [0.3, 0.4) is 0 Å². The Morgan fingerprint density at radius 1 is 1.22 bits per heavy atom. The Bertz CT molecular complexity index is 997. The molecular formula is C28H40O4. The third-order valence-corrected chi connectivity index (χ3v) is 9.06. The second kappa shape index (κ2) is 8.20. The van der Waals surface area contributed by atoms with E-state index in [1.165, 1.54) is 11.1 Å². The van der Waals surface area contributed by atoms with Gasteiger partial charge >= 0.3 is 5.63 Å². The van der Waals surface area contributed by atoms with Crippen LogP contribution in [0.4, 0.5) is 0 Å². The highest BCUT2D eigenvalue weighted by atomic mass is 16.5. The van der Waals surface area contributed by atoms with Crippen molar-refractivity contribution in [2.45, 2.75) is 92.3 Å². The molecule has 0 bridgehead atoms. The number of hydrogen-bond acceptors (Lipinski definition) is 4. The fourth-order valence-corrected chi connectivity index (χ4v) is 7.42. The van der Waals surface area contributed by atoms with Crippen LogP contribution in [0, 0.1) is 36.5 Å². The molecule has 1 aliphatic heterocycles. The third kappa shape index (κ3) is 3.59. The van der Waals surface area contributed by atoms with Crippen LogP contribution < -0.4 is 10.4 Å². The van der Waals surface area contributed by atoms with E-state index in [1.54, 1.807) is 7.11 Å². The summed E-state index contributed by atoms with van der Waals surface area (Å²) in [5.41, 5.74) is 4.14. The quantitative estimate of drug-likeness (QED) is 0.514. The molecule has 4 nitrogen and oxygen atoms in total. The minimum atomic E-state index is -0.267. The van der Waals surface area contributed by atoms with Gasteiger partial charge in [0.15, 0.2) is 0 Å². The topological polar surface area (TPSA) is 48.7 Å². The number of fused-ring (bicyclic) bond motifs is 3. The summed E-state index contributed by atoms with van der Waals surface area (Å²) >= 11 is 0. The number of rotatable bonds is 4. The average molecular weight is 441 g/mol. The van der Waals surface area contributed by atoms with Gasteiger partial charge < -0.3 is 13.9 Å². The SMILES string of the molecule is C=C1CC[C@@H]2[C@](C)(CC[C@H]3O[C@H](C=C(C)C)C[C@@]23C)[C@@H]1Cc1c(OC)c(C)c(C)oc1=O. The van der Waals surface area contributed by atoms with E-state index in [9.17, 15) is 4.79 Å². The molecule has 0 spiro atoms. The summed E-state index contributed by atoms with van der Waals surface area (Å²) in [7, 11) is 1.65. The number of aryl methyl sites for hydroxylation is 1. The lowest BCUT2D eigenvalue weighted by Crippen LogP contribution is -2.54. The lowest BCUT2D eigenvalue weighted by molar-refractivity contribution is -0.110. The van der Waals surface area contributed by atoms with Crippen molar-refractivity contribution in [3.05, 3.63) is 51.1 Å². The zero-order valence-electron chi connectivity index (χ0n) is 21.0. The van der Waals surface area contributed by atoms with Crippen molar-refractivity contribution in [1.29, 1.82) is 0 Å². The minimum absolute atomic E-state index is 0.0834. The van der Waals surface area contributed by atoms with Crippen LogP contribution in [-0.2, 0) is 11.2 Å². The molecule has 0 N–H and O–H groups in total. The van der Waals surface area contributed by atoms with Gasteiger partial charge in [-0.25, -0.2) is 4.79 Å². The summed E-state index contributed by atoms with van der Waals surface area (Å²) in [5, 5.41) is 0. The predicted molar refractivity (Wildman–Crippen MR) is 128 cm³/mol. The van der Waals surface area contributed by atoms with Crippen LogP contribution in [-0.4, -0.2) is 19.3 Å². The number of methoxy groups -OCH3 is 1. The Morgan fingerprint density at radius 2 is 1.94 bits per heavy atom. The van der Waals surface area contributed by atoms with E-state index >= 15 is 0 Å². The molecule has 1 aromatic rings. The van der Waals surface area contributed by atoms with Gasteiger partial charge in [-0.2, -0.15) is 0 Å². The summed E-state index contributed by atoms with van der Waals surface area (Å²) < 4.78 is 17.8. The van der Waals surface area contributed by atoms with Crippen molar-refractivity contribution < 1.29 is 13.9 Å². The Morgan fingerprint density at radius 3 is 2.59 bits per heavy atom. The molecule has 6 atom stereocenters. The molecule has 3 aliphatic rings. The maximum Gasteiger partial charge on any atom is 0.342 e. The minimum Gasteiger partial charge on any atom is -0.496 e. The fourth-order valence-electron chi connectivity index (χ4n) is 7.42. The van der Waals surface area contributed by atoms with E-state index in [2.05, 4.69) is 40.3 Å². The van der Waals surface area contributed by atoms with Crippen LogP contribution in [0.1, 0.15) is 76.7 Å². The molecule has 1 saturated heterocycles. The molecule has 0 radical (unpaired) electrons. The van der Waals surface area contributed by atoms with Crippen LogP contribution >= 0.6 is 0 Å². The van der Waals surface area contributed by atoms with Crippen molar-refractivity contribution >= 4 is 0 Å². The Hall–Kier alpha value is -1.81. The normalized spacial score (nSPS) is 36.4. The van der Waals surface area contributed by atoms with Gasteiger partial charge in [-0.05, 0) is 88.9 Å². The molecule has 3 fully saturated rings. The van der Waals surface area contributed by atoms with Crippen LogP contribution in [0.5, 0.6) is 5.75 Å². The maximum absolute atomic E-state index is 12.9. The summed E-state index contributed by atoms with van der Waals surface area (Å²) in [6.45, 7) is 17.5. The van der Waals surface area contributed by atoms with Gasteiger partial charge in [0.25, 0.3) is 0 Å². The molecule has 2 aliphatic carbocycles. The zero-order valence-corrected chi connectivity index (χ0v) is 21.0. The number of hydrogen-bond donors (Lipinski definition) is 0. The van der Waals surface area contributed by atoms with Crippen molar-refractivity contribution in [2.24, 2.45) is 22.7 Å². The Balaban J connectivity index is 1.71. The highest BCUT2D eigenvalue weighted by Gasteiger charge is 2.61. The van der Waals surface area contributed by atoms with E-state index in [4.69, 9.17) is 13.9 Å². The second-order valence-electron chi connectivity index (χ2n) is 11.3. The molecule has 0 amide bonds. The van der Waals surface area contributed by atoms with Gasteiger partial charge in [0.1, 0.15) is 11.5 Å². The molecule has 32 heavy (non-hydrogen) atoms. The molecular weight excluding hydrogens is 400 g/mol. The van der Waals surface area contributed by atoms with Crippen molar-refractivity contribution in [1.82, 2.24) is 0 Å². The predicted octanol–water partition coefficient (Wildman–Crippen LogP) is 6.32. The first-order chi connectivity index (χ1) is 15.0. The number of ether oxygens (including phenoxy) is 2. The molecule has 4 rings (SSSR count). The van der Waals surface area contributed by atoms with Crippen molar-refractivity contribution in [3.63, 3.8) is 0 Å². The molecule has 2 saturated carbocycles. The van der Waals surface area contributed by atoms with Gasteiger partial charge in [-0.15, -0.1) is 0 Å². The van der Waals surface area contributed by atoms with Gasteiger partial charge in [0, 0.05) is 5.56 Å². The van der Waals surface area contributed by atoms with Crippen molar-refractivity contribution in [3.8, 4) is 5.75 Å². The first kappa shape index (κ1) is 23.4. The van der Waals surface area contributed by atoms with Gasteiger partial charge in [-0.3, -0.25) is 0 Å². The van der Waals surface area contributed by atoms with Gasteiger partial charge in [0.05, 0.1) is 24.9 Å². The summed E-state index contributed by atoms with van der Waals surface area (Å²) in [5.74, 6) is 2.10. The van der Waals surface area contributed by atoms with Crippen LogP contribution in [0.2, 0.25) is 0 Å². The van der Waals surface area contributed by atoms with E-state index in [1.807, 2.05) is 13.8 Å². The molecule has 176 valence electrons. The first-order valence-corrected chi connectivity index (χ1v) is 12.2. The number of allylic oxidation sites excluding steroid dienone is 2. The van der Waals surface area contributed by atoms with Gasteiger partial charge in [-0.1, -0.05) is 37.6 Å². The van der Waals surface area contributed by atoms with E-state index in [0.717, 1.165) is 37.7 Å². The first-order valence-electron chi connectivity index (χ1n) is 12.2. The lowest BCUT2D eigenvalue weighted by atomic mass is 9.45. The highest BCUT2D eigenvalue weighted by Crippen LogP contribution is 2.65. The average Bonchev–Trinajstić information content (AvgIpc) is 3.03.